The van der Waals surface area contributed by atoms with Gasteiger partial charge in [-0.3, -0.25) is 24.5 Å². The number of hydrogen-bond donors (Lipinski definition) is 4. The second-order valence-electron chi connectivity index (χ2n) is 12.4. The van der Waals surface area contributed by atoms with E-state index in [1.54, 1.807) is 36.7 Å². The molecule has 6 N–H and O–H groups in total. The zero-order chi connectivity index (χ0) is 35.3. The largest absolute Gasteiger partial charge is 0.370 e. The van der Waals surface area contributed by atoms with E-state index < -0.39 is 6.04 Å². The summed E-state index contributed by atoms with van der Waals surface area (Å²) in [5.41, 5.74) is 15.6. The lowest BCUT2D eigenvalue weighted by Gasteiger charge is -2.23. The molecule has 10 heteroatoms. The fraction of sp³-hybridized carbons (Fsp3) is 0.250. The van der Waals surface area contributed by atoms with Crippen molar-refractivity contribution in [1.82, 2.24) is 20.5 Å². The highest BCUT2D eigenvalue weighted by Gasteiger charge is 2.23. The molecule has 50 heavy (non-hydrogen) atoms. The molecule has 2 atom stereocenters. The lowest BCUT2D eigenvalue weighted by Crippen LogP contribution is -2.47. The third-order valence-electron chi connectivity index (χ3n) is 8.62. The number of carbonyl (C=O) groups excluding carboxylic acids is 2. The molecule has 0 saturated carbocycles. The molecule has 1 heterocycles. The van der Waals surface area contributed by atoms with Crippen molar-refractivity contribution in [1.29, 1.82) is 0 Å². The van der Waals surface area contributed by atoms with Crippen LogP contribution < -0.4 is 22.1 Å². The highest BCUT2D eigenvalue weighted by atomic mass is 19.1. The van der Waals surface area contributed by atoms with E-state index >= 15 is 0 Å². The highest BCUT2D eigenvalue weighted by Crippen LogP contribution is 2.24. The molecule has 1 aromatic heterocycles. The van der Waals surface area contributed by atoms with Crippen molar-refractivity contribution in [3.8, 4) is 0 Å². The third-order valence-corrected chi connectivity index (χ3v) is 8.62. The first-order chi connectivity index (χ1) is 24.2. The standard InChI is InChI=1S/C40H44FN7O2/c1-28(35-9-4-7-32-6-2-3-8-36(32)35)46-39(50)37(10-5-22-45-40(42)43)47-38(49)33-15-11-30(12-16-33)26-48(25-21-29-19-23-44-24-20-29)27-31-13-17-34(41)18-14-31/h2-4,6-9,11-20,23-24,28,37H,5,10,21-22,25-27H2,1H3,(H,46,50)(H,47,49)(H4,42,43,45)/t28-,37-/m0/s1. The number of halogens is 1. The van der Waals surface area contributed by atoms with Crippen LogP contribution in [0.25, 0.3) is 10.8 Å². The van der Waals surface area contributed by atoms with Gasteiger partial charge in [-0.05, 0) is 95.6 Å². The van der Waals surface area contributed by atoms with Crippen LogP contribution in [0.4, 0.5) is 4.39 Å². The predicted octanol–water partition coefficient (Wildman–Crippen LogP) is 5.65. The Kier molecular flexibility index (Phi) is 12.6. The minimum Gasteiger partial charge on any atom is -0.370 e. The van der Waals surface area contributed by atoms with E-state index in [2.05, 4.69) is 25.5 Å². The van der Waals surface area contributed by atoms with Gasteiger partial charge in [-0.15, -0.1) is 0 Å². The summed E-state index contributed by atoms with van der Waals surface area (Å²) in [4.78, 5) is 37.5. The van der Waals surface area contributed by atoms with E-state index in [4.69, 9.17) is 11.5 Å². The van der Waals surface area contributed by atoms with Crippen LogP contribution in [0.2, 0.25) is 0 Å². The van der Waals surface area contributed by atoms with Gasteiger partial charge in [-0.2, -0.15) is 0 Å². The first-order valence-electron chi connectivity index (χ1n) is 16.8. The van der Waals surface area contributed by atoms with E-state index in [9.17, 15) is 14.0 Å². The number of aromatic nitrogens is 1. The van der Waals surface area contributed by atoms with Gasteiger partial charge >= 0.3 is 0 Å². The average Bonchev–Trinajstić information content (AvgIpc) is 3.13. The molecule has 0 unspecified atom stereocenters. The van der Waals surface area contributed by atoms with Crippen LogP contribution in [-0.4, -0.2) is 46.8 Å². The summed E-state index contributed by atoms with van der Waals surface area (Å²) in [5, 5.41) is 8.19. The lowest BCUT2D eigenvalue weighted by molar-refractivity contribution is -0.123. The first kappa shape index (κ1) is 35.7. The summed E-state index contributed by atoms with van der Waals surface area (Å²) >= 11 is 0. The van der Waals surface area contributed by atoms with Crippen molar-refractivity contribution in [3.63, 3.8) is 0 Å². The van der Waals surface area contributed by atoms with Crippen LogP contribution >= 0.6 is 0 Å². The number of rotatable bonds is 16. The van der Waals surface area contributed by atoms with E-state index in [1.165, 1.54) is 17.7 Å². The average molecular weight is 674 g/mol. The van der Waals surface area contributed by atoms with Gasteiger partial charge in [0.15, 0.2) is 5.96 Å². The second-order valence-corrected chi connectivity index (χ2v) is 12.4. The monoisotopic (exact) mass is 673 g/mol. The molecule has 9 nitrogen and oxygen atoms in total. The van der Waals surface area contributed by atoms with Crippen molar-refractivity contribution < 1.29 is 14.0 Å². The highest BCUT2D eigenvalue weighted by molar-refractivity contribution is 5.97. The number of carbonyl (C=O) groups is 2. The van der Waals surface area contributed by atoms with Crippen LogP contribution in [0.5, 0.6) is 0 Å². The van der Waals surface area contributed by atoms with Crippen molar-refractivity contribution in [2.45, 2.75) is 51.4 Å². The van der Waals surface area contributed by atoms with Crippen LogP contribution in [-0.2, 0) is 24.3 Å². The minimum atomic E-state index is -0.798. The van der Waals surface area contributed by atoms with Gasteiger partial charge in [0.25, 0.3) is 5.91 Å². The Hall–Kier alpha value is -5.61. The van der Waals surface area contributed by atoms with E-state index in [0.29, 0.717) is 38.0 Å². The number of hydrogen-bond acceptors (Lipinski definition) is 5. The zero-order valence-corrected chi connectivity index (χ0v) is 28.3. The first-order valence-corrected chi connectivity index (χ1v) is 16.8. The van der Waals surface area contributed by atoms with E-state index in [-0.39, 0.29) is 29.6 Å². The summed E-state index contributed by atoms with van der Waals surface area (Å²) in [6.45, 7) is 4.32. The molecule has 0 saturated heterocycles. The molecule has 0 spiro atoms. The zero-order valence-electron chi connectivity index (χ0n) is 28.3. The molecule has 2 amide bonds. The summed E-state index contributed by atoms with van der Waals surface area (Å²) in [7, 11) is 0. The molecule has 0 aliphatic carbocycles. The SMILES string of the molecule is C[C@H](NC(=O)[C@H](CCCN=C(N)N)NC(=O)c1ccc(CN(CCc2ccncc2)Cc2ccc(F)cc2)cc1)c1cccc2ccccc12. The van der Waals surface area contributed by atoms with Gasteiger partial charge in [0, 0.05) is 44.1 Å². The number of nitrogens with one attached hydrogen (secondary N) is 2. The summed E-state index contributed by atoms with van der Waals surface area (Å²) < 4.78 is 13.6. The summed E-state index contributed by atoms with van der Waals surface area (Å²) in [6.07, 6.45) is 5.25. The molecule has 0 fully saturated rings. The minimum absolute atomic E-state index is 0.0201. The van der Waals surface area contributed by atoms with Crippen molar-refractivity contribution >= 4 is 28.5 Å². The third kappa shape index (κ3) is 10.4. The maximum absolute atomic E-state index is 13.6. The number of aliphatic imine (C=N–C) groups is 1. The Morgan fingerprint density at radius 2 is 1.48 bits per heavy atom. The Morgan fingerprint density at radius 3 is 2.18 bits per heavy atom. The Balaban J connectivity index is 1.25. The van der Waals surface area contributed by atoms with Crippen LogP contribution in [0.1, 0.15) is 58.4 Å². The van der Waals surface area contributed by atoms with E-state index in [0.717, 1.165) is 40.4 Å². The predicted molar refractivity (Wildman–Crippen MR) is 197 cm³/mol. The second kappa shape index (κ2) is 17.7. The Bertz CT molecular complexity index is 1870. The van der Waals surface area contributed by atoms with Crippen LogP contribution in [0, 0.1) is 5.82 Å². The van der Waals surface area contributed by atoms with Gasteiger partial charge in [0.1, 0.15) is 11.9 Å². The molecule has 0 aliphatic heterocycles. The van der Waals surface area contributed by atoms with Gasteiger partial charge in [0.2, 0.25) is 5.91 Å². The van der Waals surface area contributed by atoms with Crippen LogP contribution in [0.3, 0.4) is 0 Å². The number of pyridine rings is 1. The molecular formula is C40H44FN7O2. The maximum atomic E-state index is 13.6. The Morgan fingerprint density at radius 1 is 0.820 bits per heavy atom. The number of nitrogens with two attached hydrogens (primary N) is 2. The molecule has 5 rings (SSSR count). The Labute approximate surface area is 292 Å². The number of fused-ring (bicyclic) bond motifs is 1. The number of guanidine groups is 1. The van der Waals surface area contributed by atoms with Gasteiger partial charge < -0.3 is 22.1 Å². The van der Waals surface area contributed by atoms with Gasteiger partial charge in [-0.25, -0.2) is 4.39 Å². The van der Waals surface area contributed by atoms with Crippen molar-refractivity contribution in [2.24, 2.45) is 16.5 Å². The lowest BCUT2D eigenvalue weighted by atomic mass is 9.99. The molecular weight excluding hydrogens is 629 g/mol. The number of nitrogens with zero attached hydrogens (tertiary/aromatic N) is 3. The van der Waals surface area contributed by atoms with Gasteiger partial charge in [0.05, 0.1) is 6.04 Å². The van der Waals surface area contributed by atoms with Crippen molar-refractivity contribution in [3.05, 3.63) is 149 Å². The fourth-order valence-corrected chi connectivity index (χ4v) is 5.95. The molecule has 5 aromatic rings. The quantitative estimate of drug-likeness (QED) is 0.0607. The normalized spacial score (nSPS) is 12.3. The number of amides is 2. The summed E-state index contributed by atoms with van der Waals surface area (Å²) in [5.74, 6) is -0.921. The summed E-state index contributed by atoms with van der Waals surface area (Å²) in [6, 6.07) is 30.9. The molecule has 0 aliphatic rings. The van der Waals surface area contributed by atoms with Gasteiger partial charge in [-0.1, -0.05) is 66.7 Å². The molecule has 258 valence electrons. The molecule has 0 bridgehead atoms. The smallest absolute Gasteiger partial charge is 0.251 e. The molecule has 0 radical (unpaired) electrons. The fourth-order valence-electron chi connectivity index (χ4n) is 5.95. The van der Waals surface area contributed by atoms with Crippen molar-refractivity contribution in [2.75, 3.05) is 13.1 Å². The van der Waals surface area contributed by atoms with Crippen LogP contribution in [0.15, 0.2) is 121 Å². The number of benzene rings is 4. The molecule has 4 aromatic carbocycles. The topological polar surface area (TPSA) is 139 Å². The van der Waals surface area contributed by atoms with E-state index in [1.807, 2.05) is 73.7 Å². The maximum Gasteiger partial charge on any atom is 0.251 e.